The standard InChI is InChI=1S/C17H22Cl2N2O2/c1-12-5-4-9-20(11-12)16(23)8-10-21(13(2)22)15-7-3-6-14(18)17(15)19/h3,6-7,12H,4-5,8-11H2,1-2H3. The molecule has 1 aliphatic heterocycles. The van der Waals surface area contributed by atoms with Gasteiger partial charge < -0.3 is 9.80 Å². The van der Waals surface area contributed by atoms with E-state index in [2.05, 4.69) is 6.92 Å². The highest BCUT2D eigenvalue weighted by Crippen LogP contribution is 2.32. The zero-order valence-electron chi connectivity index (χ0n) is 13.5. The van der Waals surface area contributed by atoms with Gasteiger partial charge in [0.2, 0.25) is 11.8 Å². The van der Waals surface area contributed by atoms with Crippen LogP contribution in [0.15, 0.2) is 18.2 Å². The zero-order valence-corrected chi connectivity index (χ0v) is 15.0. The van der Waals surface area contributed by atoms with Crippen LogP contribution in [-0.2, 0) is 9.59 Å². The molecule has 1 aliphatic rings. The van der Waals surface area contributed by atoms with Gasteiger partial charge in [0.25, 0.3) is 0 Å². The van der Waals surface area contributed by atoms with Crippen molar-refractivity contribution in [3.8, 4) is 0 Å². The van der Waals surface area contributed by atoms with Crippen LogP contribution in [0.2, 0.25) is 10.0 Å². The summed E-state index contributed by atoms with van der Waals surface area (Å²) in [5, 5.41) is 0.731. The second-order valence-electron chi connectivity index (χ2n) is 6.08. The first kappa shape index (κ1) is 18.1. The zero-order chi connectivity index (χ0) is 17.0. The summed E-state index contributed by atoms with van der Waals surface area (Å²) < 4.78 is 0. The number of likely N-dealkylation sites (tertiary alicyclic amines) is 1. The molecule has 4 nitrogen and oxygen atoms in total. The van der Waals surface area contributed by atoms with Crippen molar-refractivity contribution < 1.29 is 9.59 Å². The molecule has 6 heteroatoms. The number of anilines is 1. The lowest BCUT2D eigenvalue weighted by atomic mass is 10.00. The molecule has 1 atom stereocenters. The maximum absolute atomic E-state index is 12.4. The van der Waals surface area contributed by atoms with E-state index < -0.39 is 0 Å². The summed E-state index contributed by atoms with van der Waals surface area (Å²) in [6, 6.07) is 5.16. The monoisotopic (exact) mass is 356 g/mol. The highest BCUT2D eigenvalue weighted by Gasteiger charge is 2.23. The van der Waals surface area contributed by atoms with Crippen molar-refractivity contribution >= 4 is 40.7 Å². The van der Waals surface area contributed by atoms with Crippen molar-refractivity contribution in [3.63, 3.8) is 0 Å². The molecule has 0 aromatic heterocycles. The number of piperidine rings is 1. The van der Waals surface area contributed by atoms with Crippen LogP contribution in [0.4, 0.5) is 5.69 Å². The van der Waals surface area contributed by atoms with Gasteiger partial charge >= 0.3 is 0 Å². The van der Waals surface area contributed by atoms with Gasteiger partial charge in [-0.2, -0.15) is 0 Å². The second kappa shape index (κ2) is 8.02. The molecule has 0 bridgehead atoms. The Morgan fingerprint density at radius 2 is 2.09 bits per heavy atom. The van der Waals surface area contributed by atoms with Crippen LogP contribution >= 0.6 is 23.2 Å². The van der Waals surface area contributed by atoms with Crippen LogP contribution in [0.25, 0.3) is 0 Å². The third-order valence-electron chi connectivity index (χ3n) is 4.16. The van der Waals surface area contributed by atoms with Crippen molar-refractivity contribution in [1.82, 2.24) is 4.90 Å². The van der Waals surface area contributed by atoms with Crippen LogP contribution in [0, 0.1) is 5.92 Å². The number of amides is 2. The minimum absolute atomic E-state index is 0.0842. The molecule has 1 fully saturated rings. The maximum Gasteiger partial charge on any atom is 0.224 e. The highest BCUT2D eigenvalue weighted by molar-refractivity contribution is 6.44. The predicted molar refractivity (Wildman–Crippen MR) is 94.1 cm³/mol. The van der Waals surface area contributed by atoms with Crippen molar-refractivity contribution in [2.24, 2.45) is 5.92 Å². The summed E-state index contributed by atoms with van der Waals surface area (Å²) in [6.07, 6.45) is 2.50. The molecule has 0 saturated carbocycles. The van der Waals surface area contributed by atoms with Crippen molar-refractivity contribution in [2.45, 2.75) is 33.1 Å². The molecular weight excluding hydrogens is 335 g/mol. The normalized spacial score (nSPS) is 17.9. The van der Waals surface area contributed by atoms with Crippen LogP contribution < -0.4 is 4.90 Å². The Balaban J connectivity index is 2.04. The molecule has 0 aliphatic carbocycles. The fourth-order valence-corrected chi connectivity index (χ4v) is 3.33. The van der Waals surface area contributed by atoms with Crippen LogP contribution in [0.1, 0.15) is 33.1 Å². The summed E-state index contributed by atoms with van der Waals surface area (Å²) in [4.78, 5) is 27.7. The van der Waals surface area contributed by atoms with Gasteiger partial charge in [0.15, 0.2) is 0 Å². The first-order valence-corrected chi connectivity index (χ1v) is 8.65. The lowest BCUT2D eigenvalue weighted by Crippen LogP contribution is -2.41. The predicted octanol–water partition coefficient (Wildman–Crippen LogP) is 3.99. The summed E-state index contributed by atoms with van der Waals surface area (Å²) in [6.45, 7) is 5.54. The van der Waals surface area contributed by atoms with Gasteiger partial charge in [0, 0.05) is 33.0 Å². The van der Waals surface area contributed by atoms with Gasteiger partial charge in [0.05, 0.1) is 15.7 Å². The van der Waals surface area contributed by atoms with Crippen molar-refractivity contribution in [2.75, 3.05) is 24.5 Å². The summed E-state index contributed by atoms with van der Waals surface area (Å²) in [5.41, 5.74) is 0.548. The number of halogens is 2. The minimum Gasteiger partial charge on any atom is -0.342 e. The van der Waals surface area contributed by atoms with Gasteiger partial charge in [-0.25, -0.2) is 0 Å². The van der Waals surface area contributed by atoms with E-state index in [9.17, 15) is 9.59 Å². The van der Waals surface area contributed by atoms with E-state index >= 15 is 0 Å². The first-order valence-electron chi connectivity index (χ1n) is 7.90. The smallest absolute Gasteiger partial charge is 0.224 e. The number of carbonyl (C=O) groups excluding carboxylic acids is 2. The quantitative estimate of drug-likeness (QED) is 0.817. The Labute approximate surface area is 147 Å². The summed E-state index contributed by atoms with van der Waals surface area (Å²) in [5.74, 6) is 0.467. The van der Waals surface area contributed by atoms with Gasteiger partial charge in [-0.3, -0.25) is 9.59 Å². The van der Waals surface area contributed by atoms with Crippen LogP contribution in [-0.4, -0.2) is 36.3 Å². The second-order valence-corrected chi connectivity index (χ2v) is 6.87. The number of hydrogen-bond acceptors (Lipinski definition) is 2. The van der Waals surface area contributed by atoms with Gasteiger partial charge in [-0.1, -0.05) is 36.2 Å². The van der Waals surface area contributed by atoms with E-state index in [4.69, 9.17) is 23.2 Å². The number of hydrogen-bond donors (Lipinski definition) is 0. The Hall–Kier alpha value is -1.26. The van der Waals surface area contributed by atoms with E-state index in [1.54, 1.807) is 18.2 Å². The van der Waals surface area contributed by atoms with E-state index in [-0.39, 0.29) is 18.2 Å². The van der Waals surface area contributed by atoms with Gasteiger partial charge in [-0.05, 0) is 30.9 Å². The molecule has 0 radical (unpaired) electrons. The highest BCUT2D eigenvalue weighted by atomic mass is 35.5. The van der Waals surface area contributed by atoms with E-state index in [1.807, 2.05) is 4.90 Å². The molecule has 2 amide bonds. The molecular formula is C17H22Cl2N2O2. The molecule has 1 unspecified atom stereocenters. The largest absolute Gasteiger partial charge is 0.342 e. The third-order valence-corrected chi connectivity index (χ3v) is 4.97. The third kappa shape index (κ3) is 4.61. The number of nitrogens with zero attached hydrogens (tertiary/aromatic N) is 2. The molecule has 1 aromatic rings. The topological polar surface area (TPSA) is 40.6 Å². The molecule has 23 heavy (non-hydrogen) atoms. The van der Waals surface area contributed by atoms with E-state index in [0.29, 0.717) is 28.2 Å². The molecule has 1 saturated heterocycles. The Kier molecular flexibility index (Phi) is 6.31. The number of benzene rings is 1. The average molecular weight is 357 g/mol. The van der Waals surface area contributed by atoms with Gasteiger partial charge in [-0.15, -0.1) is 0 Å². The van der Waals surface area contributed by atoms with Gasteiger partial charge in [0.1, 0.15) is 0 Å². The Bertz CT molecular complexity index is 592. The van der Waals surface area contributed by atoms with Crippen molar-refractivity contribution in [3.05, 3.63) is 28.2 Å². The lowest BCUT2D eigenvalue weighted by Gasteiger charge is -2.32. The molecule has 2 rings (SSSR count). The SMILES string of the molecule is CC(=O)N(CCC(=O)N1CCCC(C)C1)c1cccc(Cl)c1Cl. The molecule has 1 aromatic carbocycles. The fraction of sp³-hybridized carbons (Fsp3) is 0.529. The summed E-state index contributed by atoms with van der Waals surface area (Å²) >= 11 is 12.2. The molecule has 1 heterocycles. The maximum atomic E-state index is 12.4. The van der Waals surface area contributed by atoms with E-state index in [0.717, 1.165) is 19.5 Å². The Morgan fingerprint density at radius 3 is 2.74 bits per heavy atom. The fourth-order valence-electron chi connectivity index (χ4n) is 2.93. The van der Waals surface area contributed by atoms with Crippen LogP contribution in [0.3, 0.4) is 0 Å². The lowest BCUT2D eigenvalue weighted by molar-refractivity contribution is -0.132. The summed E-state index contributed by atoms with van der Waals surface area (Å²) in [7, 11) is 0. The molecule has 126 valence electrons. The average Bonchev–Trinajstić information content (AvgIpc) is 2.51. The first-order chi connectivity index (χ1) is 10.9. The number of carbonyl (C=O) groups is 2. The van der Waals surface area contributed by atoms with Crippen molar-refractivity contribution in [1.29, 1.82) is 0 Å². The van der Waals surface area contributed by atoms with E-state index in [1.165, 1.54) is 18.2 Å². The molecule has 0 N–H and O–H groups in total. The Morgan fingerprint density at radius 1 is 1.35 bits per heavy atom. The minimum atomic E-state index is -0.158. The van der Waals surface area contributed by atoms with Crippen LogP contribution in [0.5, 0.6) is 0 Å². The number of rotatable bonds is 4. The molecule has 0 spiro atoms.